The van der Waals surface area contributed by atoms with Crippen LogP contribution < -0.4 is 10.2 Å². The van der Waals surface area contributed by atoms with E-state index in [-0.39, 0.29) is 11.9 Å². The highest BCUT2D eigenvalue weighted by Gasteiger charge is 2.37. The van der Waals surface area contributed by atoms with Gasteiger partial charge in [0, 0.05) is 6.54 Å². The Bertz CT molecular complexity index is 477. The number of hydrogen-bond acceptors (Lipinski definition) is 3. The maximum atomic E-state index is 12.0. The fraction of sp³-hybridized carbons (Fsp3) is 0.500. The lowest BCUT2D eigenvalue weighted by molar-refractivity contribution is -0.118. The summed E-state index contributed by atoms with van der Waals surface area (Å²) >= 11 is 5.92. The van der Waals surface area contributed by atoms with Gasteiger partial charge in [-0.25, -0.2) is 4.98 Å². The molecule has 5 heteroatoms. The summed E-state index contributed by atoms with van der Waals surface area (Å²) in [7, 11) is 0. The molecule has 3 rings (SSSR count). The van der Waals surface area contributed by atoms with Gasteiger partial charge in [0.15, 0.2) is 5.82 Å². The number of nitrogens with zero attached hydrogens (tertiary/aromatic N) is 2. The number of fused-ring (bicyclic) bond motifs is 3. The normalized spacial score (nSPS) is 27.2. The van der Waals surface area contributed by atoms with E-state index in [4.69, 9.17) is 11.6 Å². The smallest absolute Gasteiger partial charge is 0.247 e. The Kier molecular flexibility index (Phi) is 2.47. The molecular formula is C12H14ClN3O. The van der Waals surface area contributed by atoms with Crippen molar-refractivity contribution in [2.45, 2.75) is 25.8 Å². The highest BCUT2D eigenvalue weighted by Crippen LogP contribution is 2.36. The van der Waals surface area contributed by atoms with E-state index < -0.39 is 0 Å². The second-order valence-electron chi connectivity index (χ2n) is 4.83. The van der Waals surface area contributed by atoms with Gasteiger partial charge in [-0.2, -0.15) is 0 Å². The lowest BCUT2D eigenvalue weighted by Crippen LogP contribution is -2.52. The van der Waals surface area contributed by atoms with Crippen molar-refractivity contribution in [3.63, 3.8) is 0 Å². The van der Waals surface area contributed by atoms with E-state index in [9.17, 15) is 4.79 Å². The monoisotopic (exact) mass is 251 g/mol. The molecule has 1 aromatic rings. The van der Waals surface area contributed by atoms with Crippen LogP contribution in [0.5, 0.6) is 0 Å². The number of aromatic nitrogens is 1. The lowest BCUT2D eigenvalue weighted by atomic mass is 9.90. The molecule has 4 nitrogen and oxygen atoms in total. The molecule has 2 unspecified atom stereocenters. The van der Waals surface area contributed by atoms with Crippen molar-refractivity contribution < 1.29 is 4.79 Å². The van der Waals surface area contributed by atoms with Gasteiger partial charge in [-0.05, 0) is 30.9 Å². The van der Waals surface area contributed by atoms with Crippen LogP contribution in [0.3, 0.4) is 0 Å². The number of amides is 1. The minimum absolute atomic E-state index is 0.0770. The summed E-state index contributed by atoms with van der Waals surface area (Å²) in [6, 6.07) is 3.43. The molecule has 0 aliphatic carbocycles. The zero-order valence-electron chi connectivity index (χ0n) is 9.61. The van der Waals surface area contributed by atoms with Crippen molar-refractivity contribution >= 4 is 29.0 Å². The molecule has 2 aliphatic rings. The topological polar surface area (TPSA) is 45.2 Å². The molecule has 90 valence electrons. The molecule has 0 saturated carbocycles. The number of rotatable bonds is 0. The number of hydrogen-bond donors (Lipinski definition) is 1. The van der Waals surface area contributed by atoms with Crippen LogP contribution in [0.25, 0.3) is 0 Å². The Hall–Kier alpha value is -1.29. The average Bonchev–Trinajstić information content (AvgIpc) is 2.30. The van der Waals surface area contributed by atoms with E-state index in [0.29, 0.717) is 11.1 Å². The highest BCUT2D eigenvalue weighted by atomic mass is 35.5. The van der Waals surface area contributed by atoms with Crippen LogP contribution in [0.15, 0.2) is 12.1 Å². The molecule has 0 bridgehead atoms. The Morgan fingerprint density at radius 1 is 1.53 bits per heavy atom. The van der Waals surface area contributed by atoms with Crippen LogP contribution in [0.4, 0.5) is 11.5 Å². The van der Waals surface area contributed by atoms with Crippen molar-refractivity contribution in [3.8, 4) is 0 Å². The second kappa shape index (κ2) is 3.88. The lowest BCUT2D eigenvalue weighted by Gasteiger charge is -2.42. The van der Waals surface area contributed by atoms with Gasteiger partial charge in [-0.15, -0.1) is 0 Å². The third-order valence-corrected chi connectivity index (χ3v) is 3.75. The highest BCUT2D eigenvalue weighted by molar-refractivity contribution is 6.29. The molecule has 1 aromatic heterocycles. The Morgan fingerprint density at radius 3 is 3.18 bits per heavy atom. The van der Waals surface area contributed by atoms with Gasteiger partial charge in [-0.3, -0.25) is 4.79 Å². The molecule has 1 saturated heterocycles. The summed E-state index contributed by atoms with van der Waals surface area (Å²) in [5.41, 5.74) is 0.769. The number of carbonyl (C=O) groups excluding carboxylic acids is 1. The van der Waals surface area contributed by atoms with Gasteiger partial charge < -0.3 is 10.2 Å². The number of anilines is 2. The number of halogens is 1. The molecule has 0 aromatic carbocycles. The van der Waals surface area contributed by atoms with E-state index in [1.807, 2.05) is 6.07 Å². The molecule has 3 heterocycles. The van der Waals surface area contributed by atoms with E-state index in [1.165, 1.54) is 0 Å². The van der Waals surface area contributed by atoms with E-state index in [1.54, 1.807) is 6.07 Å². The van der Waals surface area contributed by atoms with Gasteiger partial charge in [0.05, 0.1) is 5.69 Å². The predicted molar refractivity (Wildman–Crippen MR) is 67.4 cm³/mol. The Morgan fingerprint density at radius 2 is 2.35 bits per heavy atom. The summed E-state index contributed by atoms with van der Waals surface area (Å²) in [4.78, 5) is 18.4. The van der Waals surface area contributed by atoms with Crippen LogP contribution in [-0.2, 0) is 4.79 Å². The Labute approximate surface area is 105 Å². The van der Waals surface area contributed by atoms with Gasteiger partial charge >= 0.3 is 0 Å². The summed E-state index contributed by atoms with van der Waals surface area (Å²) in [5, 5.41) is 3.37. The maximum Gasteiger partial charge on any atom is 0.247 e. The predicted octanol–water partition coefficient (Wildman–Crippen LogP) is 2.29. The van der Waals surface area contributed by atoms with Crippen LogP contribution in [0, 0.1) is 5.92 Å². The largest absolute Gasteiger partial charge is 0.343 e. The molecule has 1 N–H and O–H groups in total. The van der Waals surface area contributed by atoms with Crippen molar-refractivity contribution in [1.29, 1.82) is 0 Å². The number of carbonyl (C=O) groups is 1. The molecule has 0 spiro atoms. The Balaban J connectivity index is 2.03. The van der Waals surface area contributed by atoms with Crippen LogP contribution in [0.1, 0.15) is 19.8 Å². The van der Waals surface area contributed by atoms with Crippen molar-refractivity contribution in [2.24, 2.45) is 5.92 Å². The molecule has 17 heavy (non-hydrogen) atoms. The first-order chi connectivity index (χ1) is 8.15. The molecule has 1 amide bonds. The summed E-state index contributed by atoms with van der Waals surface area (Å²) < 4.78 is 0. The average molecular weight is 252 g/mol. The zero-order chi connectivity index (χ0) is 12.0. The van der Waals surface area contributed by atoms with Crippen molar-refractivity contribution in [1.82, 2.24) is 4.98 Å². The number of nitrogens with one attached hydrogen (secondary N) is 1. The fourth-order valence-corrected chi connectivity index (χ4v) is 2.74. The summed E-state index contributed by atoms with van der Waals surface area (Å²) in [5.74, 6) is 1.48. The molecule has 2 atom stereocenters. The zero-order valence-corrected chi connectivity index (χ0v) is 10.4. The SMILES string of the molecule is CC1CCN2c3nc(Cl)ccc3NC(=O)C2C1. The van der Waals surface area contributed by atoms with Gasteiger partial charge in [0.25, 0.3) is 0 Å². The first-order valence-electron chi connectivity index (χ1n) is 5.89. The summed E-state index contributed by atoms with van der Waals surface area (Å²) in [6.45, 7) is 3.06. The molecule has 0 radical (unpaired) electrons. The fourth-order valence-electron chi connectivity index (χ4n) is 2.60. The first kappa shape index (κ1) is 10.8. The molecule has 2 aliphatic heterocycles. The second-order valence-corrected chi connectivity index (χ2v) is 5.22. The van der Waals surface area contributed by atoms with E-state index in [0.717, 1.165) is 30.9 Å². The molecule has 1 fully saturated rings. The number of pyridine rings is 1. The quantitative estimate of drug-likeness (QED) is 0.720. The van der Waals surface area contributed by atoms with Crippen LogP contribution in [-0.4, -0.2) is 23.5 Å². The van der Waals surface area contributed by atoms with E-state index >= 15 is 0 Å². The van der Waals surface area contributed by atoms with Crippen molar-refractivity contribution in [2.75, 3.05) is 16.8 Å². The van der Waals surface area contributed by atoms with E-state index in [2.05, 4.69) is 22.1 Å². The molecular weight excluding hydrogens is 238 g/mol. The minimum Gasteiger partial charge on any atom is -0.343 e. The van der Waals surface area contributed by atoms with Gasteiger partial charge in [0.1, 0.15) is 11.2 Å². The minimum atomic E-state index is -0.0859. The third kappa shape index (κ3) is 1.76. The van der Waals surface area contributed by atoms with Gasteiger partial charge in [-0.1, -0.05) is 18.5 Å². The summed E-state index contributed by atoms with van der Waals surface area (Å²) in [6.07, 6.45) is 1.98. The number of piperidine rings is 1. The first-order valence-corrected chi connectivity index (χ1v) is 6.27. The van der Waals surface area contributed by atoms with Crippen LogP contribution in [0.2, 0.25) is 5.15 Å². The third-order valence-electron chi connectivity index (χ3n) is 3.54. The standard InChI is InChI=1S/C12H14ClN3O/c1-7-4-5-16-9(6-7)12(17)14-8-2-3-10(13)15-11(8)16/h2-3,7,9H,4-6H2,1H3,(H,14,17). The van der Waals surface area contributed by atoms with Crippen LogP contribution >= 0.6 is 11.6 Å². The maximum absolute atomic E-state index is 12.0. The van der Waals surface area contributed by atoms with Crippen molar-refractivity contribution in [3.05, 3.63) is 17.3 Å². The van der Waals surface area contributed by atoms with Gasteiger partial charge in [0.2, 0.25) is 5.91 Å².